The summed E-state index contributed by atoms with van der Waals surface area (Å²) >= 11 is 6.46. The van der Waals surface area contributed by atoms with E-state index in [2.05, 4.69) is 25.7 Å². The molecular weight excluding hydrogens is 499 g/mol. The van der Waals surface area contributed by atoms with Crippen LogP contribution in [0.4, 0.5) is 13.2 Å². The summed E-state index contributed by atoms with van der Waals surface area (Å²) in [5, 5.41) is 13.7. The first kappa shape index (κ1) is 25.5. The van der Waals surface area contributed by atoms with Crippen molar-refractivity contribution in [2.75, 3.05) is 13.1 Å². The molecule has 3 heterocycles. The summed E-state index contributed by atoms with van der Waals surface area (Å²) in [6.07, 6.45) is 2.87. The second-order valence-electron chi connectivity index (χ2n) is 10.5. The maximum atomic E-state index is 14.9. The van der Waals surface area contributed by atoms with Crippen LogP contribution in [-0.2, 0) is 0 Å². The Kier molecular flexibility index (Phi) is 6.62. The van der Waals surface area contributed by atoms with Gasteiger partial charge in [-0.3, -0.25) is 4.90 Å². The zero-order valence-corrected chi connectivity index (χ0v) is 21.6. The number of halogens is 4. The molecule has 0 N–H and O–H groups in total. The topological polar surface area (TPSA) is 43.1 Å². The van der Waals surface area contributed by atoms with E-state index in [0.717, 1.165) is 38.1 Å². The lowest BCUT2D eigenvalue weighted by atomic mass is 9.88. The molecule has 2 aromatic carbocycles. The number of likely N-dealkylation sites (tertiary alicyclic amines) is 1. The number of nitrogens with zero attached hydrogens (tertiary/aromatic N) is 3. The highest BCUT2D eigenvalue weighted by Crippen LogP contribution is 2.40. The molecule has 0 aliphatic carbocycles. The standard InChI is InChI=1S/C29H27ClF3N3O/c1-29(2,3)35-12-9-17(10-13-35)25-16-21(19-8-7-18(31)15-22(19)30)20-11-14-36(37)28(27(20)34-25)26-23(32)5-4-6-24(26)33/h4-8,11,14-17H,9-10,12-13H2,1-3H3. The van der Waals surface area contributed by atoms with Gasteiger partial charge in [0.25, 0.3) is 5.69 Å². The van der Waals surface area contributed by atoms with Crippen molar-refractivity contribution in [2.45, 2.75) is 45.1 Å². The number of aromatic nitrogens is 2. The van der Waals surface area contributed by atoms with E-state index in [1.807, 2.05) is 6.07 Å². The summed E-state index contributed by atoms with van der Waals surface area (Å²) in [5.74, 6) is -2.12. The average molecular weight is 526 g/mol. The molecule has 4 nitrogen and oxygen atoms in total. The lowest BCUT2D eigenvalue weighted by Gasteiger charge is -2.40. The minimum absolute atomic E-state index is 0.0399. The first-order valence-corrected chi connectivity index (χ1v) is 12.6. The third kappa shape index (κ3) is 4.78. The predicted octanol–water partition coefficient (Wildman–Crippen LogP) is 7.25. The highest BCUT2D eigenvalue weighted by Gasteiger charge is 2.31. The second kappa shape index (κ2) is 9.62. The number of piperidine rings is 1. The maximum Gasteiger partial charge on any atom is 0.256 e. The lowest BCUT2D eigenvalue weighted by Crippen LogP contribution is -2.45. The van der Waals surface area contributed by atoms with Gasteiger partial charge in [-0.2, -0.15) is 4.73 Å². The van der Waals surface area contributed by atoms with Gasteiger partial charge in [0.1, 0.15) is 28.5 Å². The molecular formula is C29H27ClF3N3O. The van der Waals surface area contributed by atoms with E-state index >= 15 is 0 Å². The molecule has 1 aliphatic rings. The van der Waals surface area contributed by atoms with E-state index in [-0.39, 0.29) is 27.7 Å². The van der Waals surface area contributed by atoms with Crippen LogP contribution in [-0.4, -0.2) is 28.5 Å². The molecule has 8 heteroatoms. The SMILES string of the molecule is CC(C)(C)N1CCC(c2cc(-c3ccc(F)cc3Cl)c3cc[n+]([O-])c(-c4c(F)cccc4F)c3n2)CC1. The molecule has 0 amide bonds. The Hall–Kier alpha value is -3.16. The summed E-state index contributed by atoms with van der Waals surface area (Å²) in [7, 11) is 0. The van der Waals surface area contributed by atoms with E-state index in [4.69, 9.17) is 16.6 Å². The van der Waals surface area contributed by atoms with E-state index < -0.39 is 23.0 Å². The fourth-order valence-electron chi connectivity index (χ4n) is 5.18. The van der Waals surface area contributed by atoms with Crippen molar-refractivity contribution < 1.29 is 17.9 Å². The second-order valence-corrected chi connectivity index (χ2v) is 10.9. The minimum atomic E-state index is -0.857. The Morgan fingerprint density at radius 1 is 0.973 bits per heavy atom. The zero-order chi connectivity index (χ0) is 26.5. The van der Waals surface area contributed by atoms with Gasteiger partial charge in [0.05, 0.1) is 5.02 Å². The number of hydrogen-bond acceptors (Lipinski definition) is 3. The Morgan fingerprint density at radius 3 is 2.27 bits per heavy atom. The molecule has 2 aromatic heterocycles. The molecule has 5 rings (SSSR count). The van der Waals surface area contributed by atoms with Gasteiger partial charge in [-0.25, -0.2) is 18.2 Å². The Balaban J connectivity index is 1.76. The van der Waals surface area contributed by atoms with Gasteiger partial charge in [-0.15, -0.1) is 0 Å². The van der Waals surface area contributed by atoms with Gasteiger partial charge < -0.3 is 5.21 Å². The fourth-order valence-corrected chi connectivity index (χ4v) is 5.45. The van der Waals surface area contributed by atoms with Crippen LogP contribution in [0.25, 0.3) is 33.3 Å². The van der Waals surface area contributed by atoms with Gasteiger partial charge in [0, 0.05) is 34.2 Å². The smallest absolute Gasteiger partial charge is 0.256 e. The lowest BCUT2D eigenvalue weighted by molar-refractivity contribution is -0.592. The number of fused-ring (bicyclic) bond motifs is 1. The predicted molar refractivity (Wildman–Crippen MR) is 140 cm³/mol. The van der Waals surface area contributed by atoms with Crippen LogP contribution >= 0.6 is 11.6 Å². The van der Waals surface area contributed by atoms with Crippen molar-refractivity contribution in [3.8, 4) is 22.4 Å². The zero-order valence-electron chi connectivity index (χ0n) is 20.9. The third-order valence-corrected chi connectivity index (χ3v) is 7.50. The summed E-state index contributed by atoms with van der Waals surface area (Å²) < 4.78 is 44.1. The molecule has 1 fully saturated rings. The van der Waals surface area contributed by atoms with Crippen LogP contribution < -0.4 is 4.73 Å². The third-order valence-electron chi connectivity index (χ3n) is 7.18. The van der Waals surface area contributed by atoms with Crippen molar-refractivity contribution in [2.24, 2.45) is 0 Å². The van der Waals surface area contributed by atoms with Gasteiger partial charge in [-0.05, 0) is 88.7 Å². The summed E-state index contributed by atoms with van der Waals surface area (Å²) in [6, 6.07) is 11.0. The number of hydrogen-bond donors (Lipinski definition) is 0. The van der Waals surface area contributed by atoms with E-state index in [9.17, 15) is 18.4 Å². The highest BCUT2D eigenvalue weighted by atomic mass is 35.5. The summed E-state index contributed by atoms with van der Waals surface area (Å²) in [4.78, 5) is 7.26. The average Bonchev–Trinajstić information content (AvgIpc) is 2.84. The fraction of sp³-hybridized carbons (Fsp3) is 0.310. The Morgan fingerprint density at radius 2 is 1.65 bits per heavy atom. The number of pyridine rings is 2. The normalized spacial score (nSPS) is 15.4. The van der Waals surface area contributed by atoms with Gasteiger partial charge >= 0.3 is 0 Å². The van der Waals surface area contributed by atoms with Crippen molar-refractivity contribution in [3.63, 3.8) is 0 Å². The van der Waals surface area contributed by atoms with Crippen molar-refractivity contribution in [1.29, 1.82) is 0 Å². The first-order chi connectivity index (χ1) is 17.5. The first-order valence-electron chi connectivity index (χ1n) is 12.3. The highest BCUT2D eigenvalue weighted by molar-refractivity contribution is 6.33. The largest absolute Gasteiger partial charge is 0.618 e. The molecule has 0 spiro atoms. The van der Waals surface area contributed by atoms with Gasteiger partial charge in [0.15, 0.2) is 6.20 Å². The number of rotatable bonds is 3. The minimum Gasteiger partial charge on any atom is -0.618 e. The molecule has 0 atom stereocenters. The van der Waals surface area contributed by atoms with Crippen LogP contribution in [0.5, 0.6) is 0 Å². The molecule has 37 heavy (non-hydrogen) atoms. The monoisotopic (exact) mass is 525 g/mol. The Labute approximate surface area is 218 Å². The maximum absolute atomic E-state index is 14.9. The van der Waals surface area contributed by atoms with E-state index in [1.54, 1.807) is 12.1 Å². The van der Waals surface area contributed by atoms with Crippen LogP contribution in [0.1, 0.15) is 45.2 Å². The quantitative estimate of drug-likeness (QED) is 0.209. The van der Waals surface area contributed by atoms with Crippen LogP contribution in [0, 0.1) is 22.7 Å². The molecule has 0 unspecified atom stereocenters. The molecule has 192 valence electrons. The molecule has 1 saturated heterocycles. The molecule has 0 saturated carbocycles. The van der Waals surface area contributed by atoms with Crippen molar-refractivity contribution in [3.05, 3.63) is 88.1 Å². The number of benzene rings is 2. The van der Waals surface area contributed by atoms with Crippen LogP contribution in [0.3, 0.4) is 0 Å². The molecule has 0 radical (unpaired) electrons. The van der Waals surface area contributed by atoms with E-state index in [0.29, 0.717) is 26.9 Å². The van der Waals surface area contributed by atoms with E-state index in [1.165, 1.54) is 24.4 Å². The Bertz CT molecular complexity index is 1470. The van der Waals surface area contributed by atoms with Gasteiger partial charge in [-0.1, -0.05) is 17.7 Å². The molecule has 1 aliphatic heterocycles. The molecule has 0 bridgehead atoms. The van der Waals surface area contributed by atoms with Crippen molar-refractivity contribution in [1.82, 2.24) is 9.88 Å². The summed E-state index contributed by atoms with van der Waals surface area (Å²) in [5.41, 5.74) is 1.45. The van der Waals surface area contributed by atoms with Crippen LogP contribution in [0.2, 0.25) is 5.02 Å². The summed E-state index contributed by atoms with van der Waals surface area (Å²) in [6.45, 7) is 8.27. The molecule has 4 aromatic rings. The van der Waals surface area contributed by atoms with Crippen molar-refractivity contribution >= 4 is 22.5 Å². The van der Waals surface area contributed by atoms with Gasteiger partial charge in [0.2, 0.25) is 0 Å². The van der Waals surface area contributed by atoms with Crippen LogP contribution in [0.15, 0.2) is 54.7 Å².